The van der Waals surface area contributed by atoms with Gasteiger partial charge >= 0.3 is 142 Å². The van der Waals surface area contributed by atoms with E-state index in [0.29, 0.717) is 0 Å². The molecule has 0 radical (unpaired) electrons. The number of phosphoric ester groups is 6. The van der Waals surface area contributed by atoms with E-state index in [4.69, 9.17) is 48.9 Å². The summed E-state index contributed by atoms with van der Waals surface area (Å²) in [6.07, 6.45) is -19.3. The standard InChI is InChI=1S/C6H18O24P6.2K/c7-31(8,9)25-1-2(26-32(10,11)12)4(28-34(16,17)18)6(30-36(22,23)24)5(29-35(19,20)21)3(1)27-33(13,14)15;;/h1-6H,(H2,7,8,9)(H2,10,11,12)(H2,13,14,15)(H2,16,17,18)(H2,19,20,21)(H2,22,23,24);;/q;2*+1/p-2/t1-,2-,3?,4?,5-,6+;;/m0../s1. The molecule has 38 heavy (non-hydrogen) atoms. The Kier molecular flexibility index (Phi) is 18.5. The zero-order valence-electron chi connectivity index (χ0n) is 18.3. The third kappa shape index (κ3) is 18.0. The molecule has 1 rings (SSSR count). The van der Waals surface area contributed by atoms with Crippen LogP contribution in [0.5, 0.6) is 0 Å². The van der Waals surface area contributed by atoms with Crippen molar-refractivity contribution in [2.75, 3.05) is 0 Å². The Morgan fingerprint density at radius 2 is 0.500 bits per heavy atom. The summed E-state index contributed by atoms with van der Waals surface area (Å²) in [6.45, 7) is 0. The molecule has 1 aliphatic carbocycles. The molecule has 0 bridgehead atoms. The maximum absolute atomic E-state index is 11.4. The van der Waals surface area contributed by atoms with Crippen LogP contribution in [0.1, 0.15) is 0 Å². The van der Waals surface area contributed by atoms with Gasteiger partial charge in [-0.2, -0.15) is 0 Å². The van der Waals surface area contributed by atoms with E-state index in [2.05, 4.69) is 27.1 Å². The fourth-order valence-corrected chi connectivity index (χ4v) is 6.11. The predicted octanol–water partition coefficient (Wildman–Crippen LogP) is -10.4. The van der Waals surface area contributed by atoms with E-state index in [1.54, 1.807) is 0 Å². The molecular formula is C6H16K2O24P6. The fraction of sp³-hybridized carbons (Fsp3) is 1.00. The summed E-state index contributed by atoms with van der Waals surface area (Å²) in [5.74, 6) is 0. The van der Waals surface area contributed by atoms with Crippen LogP contribution in [0.15, 0.2) is 0 Å². The molecule has 0 spiro atoms. The molecule has 0 heterocycles. The molecule has 10 N–H and O–H groups in total. The van der Waals surface area contributed by atoms with Crippen LogP contribution in [-0.2, 0) is 54.5 Å². The van der Waals surface area contributed by atoms with Gasteiger partial charge in [0.05, 0.1) is 7.82 Å². The van der Waals surface area contributed by atoms with Gasteiger partial charge < -0.3 is 67.8 Å². The molecular weight excluding hydrogens is 720 g/mol. The minimum atomic E-state index is -6.52. The first-order valence-electron chi connectivity index (χ1n) is 7.97. The van der Waals surface area contributed by atoms with Crippen molar-refractivity contribution in [3.05, 3.63) is 0 Å². The van der Waals surface area contributed by atoms with Gasteiger partial charge in [0.25, 0.3) is 0 Å². The third-order valence-corrected chi connectivity index (χ3v) is 6.58. The van der Waals surface area contributed by atoms with Crippen LogP contribution in [0, 0.1) is 0 Å². The molecule has 0 saturated heterocycles. The van der Waals surface area contributed by atoms with Gasteiger partial charge in [-0.15, -0.1) is 0 Å². The number of phosphoric acid groups is 6. The van der Waals surface area contributed by atoms with Gasteiger partial charge in [-0.1, -0.05) is 0 Å². The largest absolute Gasteiger partial charge is 1.00 e. The summed E-state index contributed by atoms with van der Waals surface area (Å²) in [5, 5.41) is 0. The quantitative estimate of drug-likeness (QED) is 0.0656. The van der Waals surface area contributed by atoms with Gasteiger partial charge in [0.1, 0.15) is 36.6 Å². The Labute approximate surface area is 295 Å². The molecule has 0 amide bonds. The Morgan fingerprint density at radius 3 is 0.605 bits per heavy atom. The molecule has 2 unspecified atom stereocenters. The van der Waals surface area contributed by atoms with Crippen LogP contribution < -0.4 is 113 Å². The molecule has 32 heteroatoms. The van der Waals surface area contributed by atoms with Crippen molar-refractivity contribution in [2.45, 2.75) is 36.6 Å². The van der Waals surface area contributed by atoms with Crippen LogP contribution in [0.3, 0.4) is 0 Å². The van der Waals surface area contributed by atoms with Crippen LogP contribution in [0.25, 0.3) is 0 Å². The molecule has 0 aromatic rings. The molecule has 1 fully saturated rings. The topological polar surface area (TPSA) is 406 Å². The third-order valence-electron chi connectivity index (χ3n) is 3.49. The zero-order valence-corrected chi connectivity index (χ0v) is 29.9. The first-order chi connectivity index (χ1) is 15.6. The van der Waals surface area contributed by atoms with Crippen molar-refractivity contribution < 1.29 is 216 Å². The van der Waals surface area contributed by atoms with E-state index < -0.39 is 83.6 Å². The second-order valence-electron chi connectivity index (χ2n) is 6.32. The summed E-state index contributed by atoms with van der Waals surface area (Å²) >= 11 is 0. The summed E-state index contributed by atoms with van der Waals surface area (Å²) in [5.41, 5.74) is 0. The van der Waals surface area contributed by atoms with E-state index in [1.165, 1.54) is 0 Å². The predicted molar refractivity (Wildman–Crippen MR) is 97.1 cm³/mol. The van der Waals surface area contributed by atoms with Crippen molar-refractivity contribution >= 4 is 46.9 Å². The van der Waals surface area contributed by atoms with Gasteiger partial charge in [-0.05, 0) is 0 Å². The van der Waals surface area contributed by atoms with Crippen LogP contribution in [-0.4, -0.2) is 85.6 Å². The first-order valence-corrected chi connectivity index (χ1v) is 17.1. The van der Waals surface area contributed by atoms with Gasteiger partial charge in [-0.3, -0.25) is 22.6 Å². The minimum Gasteiger partial charge on any atom is -0.790 e. The molecule has 24 nitrogen and oxygen atoms in total. The molecule has 0 aromatic heterocycles. The normalized spacial score (nSPS) is 27.8. The van der Waals surface area contributed by atoms with Gasteiger partial charge in [0.2, 0.25) is 0 Å². The van der Waals surface area contributed by atoms with E-state index in [-0.39, 0.29) is 103 Å². The molecule has 0 aliphatic heterocycles. The SMILES string of the molecule is O=P([O-])([O-])OC1[C@@H](OP(=O)(O)O)[C@H](OP(=O)(O)O)C(OP(=O)(O)O)[C@H](OP(=O)(O)O)[C@@H]1OP(=O)(O)O.[K+].[K+]. The molecule has 1 aliphatic rings. The van der Waals surface area contributed by atoms with Gasteiger partial charge in [-0.25, -0.2) is 22.8 Å². The van der Waals surface area contributed by atoms with E-state index >= 15 is 0 Å². The Balaban J connectivity index is 0. The van der Waals surface area contributed by atoms with Crippen LogP contribution >= 0.6 is 46.9 Å². The smallest absolute Gasteiger partial charge is 0.790 e. The second kappa shape index (κ2) is 16.0. The van der Waals surface area contributed by atoms with Crippen molar-refractivity contribution in [2.24, 2.45) is 0 Å². The summed E-state index contributed by atoms with van der Waals surface area (Å²) < 4.78 is 92.3. The van der Waals surface area contributed by atoms with E-state index in [1.807, 2.05) is 0 Å². The molecule has 1 saturated carbocycles. The van der Waals surface area contributed by atoms with Crippen molar-refractivity contribution in [3.8, 4) is 0 Å². The van der Waals surface area contributed by atoms with Gasteiger partial charge in [0, 0.05) is 0 Å². The summed E-state index contributed by atoms with van der Waals surface area (Å²) in [6, 6.07) is 0. The monoisotopic (exact) mass is 736 g/mol. The second-order valence-corrected chi connectivity index (χ2v) is 13.4. The average molecular weight is 736 g/mol. The Hall–Kier alpha value is 3.93. The van der Waals surface area contributed by atoms with Crippen LogP contribution in [0.2, 0.25) is 0 Å². The van der Waals surface area contributed by atoms with Gasteiger partial charge in [0.15, 0.2) is 0 Å². The Bertz CT molecular complexity index is 829. The van der Waals surface area contributed by atoms with Crippen molar-refractivity contribution in [1.82, 2.24) is 0 Å². The zero-order chi connectivity index (χ0) is 28.7. The van der Waals surface area contributed by atoms with E-state index in [0.717, 1.165) is 0 Å². The molecule has 0 aromatic carbocycles. The fourth-order valence-electron chi connectivity index (χ4n) is 2.78. The van der Waals surface area contributed by atoms with E-state index in [9.17, 15) is 37.2 Å². The van der Waals surface area contributed by atoms with Crippen molar-refractivity contribution in [3.63, 3.8) is 0 Å². The summed E-state index contributed by atoms with van der Waals surface area (Å²) in [7, 11) is -36.8. The summed E-state index contributed by atoms with van der Waals surface area (Å²) in [4.78, 5) is 114. The molecule has 6 atom stereocenters. The maximum atomic E-state index is 11.4. The molecule has 216 valence electrons. The number of hydrogen-bond acceptors (Lipinski definition) is 14. The average Bonchev–Trinajstić information content (AvgIpc) is 2.51. The number of rotatable bonds is 12. The minimum absolute atomic E-state index is 0. The van der Waals surface area contributed by atoms with Crippen LogP contribution in [0.4, 0.5) is 0 Å². The first kappa shape index (κ1) is 44.1. The Morgan fingerprint density at radius 1 is 0.368 bits per heavy atom. The maximum Gasteiger partial charge on any atom is 1.00 e. The van der Waals surface area contributed by atoms with Crippen molar-refractivity contribution in [1.29, 1.82) is 0 Å². The number of hydrogen-bond donors (Lipinski definition) is 10.